The van der Waals surface area contributed by atoms with E-state index in [1.807, 2.05) is 4.57 Å². The van der Waals surface area contributed by atoms with Gasteiger partial charge in [0.1, 0.15) is 5.82 Å². The first kappa shape index (κ1) is 18.7. The van der Waals surface area contributed by atoms with Gasteiger partial charge < -0.3 is 10.6 Å². The van der Waals surface area contributed by atoms with Crippen LogP contribution in [0.2, 0.25) is 0 Å². The summed E-state index contributed by atoms with van der Waals surface area (Å²) in [5.41, 5.74) is 0.186. The summed E-state index contributed by atoms with van der Waals surface area (Å²) in [6, 6.07) is 4.23. The Balaban J connectivity index is 1.45. The van der Waals surface area contributed by atoms with Crippen molar-refractivity contribution in [3.8, 4) is 0 Å². The predicted octanol–water partition coefficient (Wildman–Crippen LogP) is 2.61. The highest BCUT2D eigenvalue weighted by atomic mass is 79.9. The van der Waals surface area contributed by atoms with E-state index in [0.717, 1.165) is 18.9 Å². The number of hydrogen-bond donors (Lipinski definition) is 3. The van der Waals surface area contributed by atoms with E-state index in [2.05, 4.69) is 36.8 Å². The summed E-state index contributed by atoms with van der Waals surface area (Å²) in [7, 11) is 0. The number of amides is 2. The third kappa shape index (κ3) is 4.55. The summed E-state index contributed by atoms with van der Waals surface area (Å²) in [5, 5.41) is 12.2. The molecule has 138 valence electrons. The molecule has 0 saturated heterocycles. The molecule has 10 heteroatoms. The average molecular weight is 442 g/mol. The largest absolute Gasteiger partial charge is 0.351 e. The van der Waals surface area contributed by atoms with Crippen molar-refractivity contribution in [1.82, 2.24) is 25.4 Å². The lowest BCUT2D eigenvalue weighted by molar-refractivity contribution is -0.121. The molecule has 1 fully saturated rings. The number of aromatic amines is 1. The zero-order valence-corrected chi connectivity index (χ0v) is 16.1. The zero-order chi connectivity index (χ0) is 18.7. The third-order valence-corrected chi connectivity index (χ3v) is 4.92. The van der Waals surface area contributed by atoms with Crippen LogP contribution in [0.5, 0.6) is 0 Å². The van der Waals surface area contributed by atoms with Gasteiger partial charge in [0.15, 0.2) is 10.6 Å². The average Bonchev–Trinajstić information content (AvgIpc) is 3.37. The molecule has 7 nitrogen and oxygen atoms in total. The molecule has 0 bridgehead atoms. The number of benzene rings is 1. The lowest BCUT2D eigenvalue weighted by Gasteiger charge is -2.08. The quantitative estimate of drug-likeness (QED) is 0.575. The molecular weight excluding hydrogens is 425 g/mol. The summed E-state index contributed by atoms with van der Waals surface area (Å²) in [6.45, 7) is 0.412. The summed E-state index contributed by atoms with van der Waals surface area (Å²) in [6.07, 6.45) is 2.24. The maximum atomic E-state index is 13.2. The lowest BCUT2D eigenvalue weighted by Crippen LogP contribution is -2.31. The van der Waals surface area contributed by atoms with E-state index in [1.54, 1.807) is 0 Å². The van der Waals surface area contributed by atoms with Crippen molar-refractivity contribution in [3.05, 3.63) is 44.6 Å². The number of nitrogens with zero attached hydrogens (tertiary/aromatic N) is 2. The standard InChI is InChI=1S/C16H17BrFN5O2S/c17-12-4-1-9(18)7-11(12)15(25)19-6-5-14(24)20-8-13-21-22-16(26)23(13)10-2-3-10/h1,4,7,10H,2-3,5-6,8H2,(H,19,25)(H,20,24)(H,22,26). The van der Waals surface area contributed by atoms with Gasteiger partial charge in [-0.15, -0.1) is 0 Å². The van der Waals surface area contributed by atoms with E-state index in [4.69, 9.17) is 12.2 Å². The minimum Gasteiger partial charge on any atom is -0.351 e. The van der Waals surface area contributed by atoms with Crippen molar-refractivity contribution in [3.63, 3.8) is 0 Å². The van der Waals surface area contributed by atoms with Gasteiger partial charge in [0.2, 0.25) is 5.91 Å². The Morgan fingerprint density at radius 3 is 2.88 bits per heavy atom. The van der Waals surface area contributed by atoms with Gasteiger partial charge in [-0.25, -0.2) is 4.39 Å². The normalized spacial score (nSPS) is 13.5. The first-order chi connectivity index (χ1) is 12.5. The lowest BCUT2D eigenvalue weighted by atomic mass is 10.2. The highest BCUT2D eigenvalue weighted by Crippen LogP contribution is 2.35. The highest BCUT2D eigenvalue weighted by molar-refractivity contribution is 9.10. The maximum absolute atomic E-state index is 13.2. The molecule has 0 spiro atoms. The fraction of sp³-hybridized carbons (Fsp3) is 0.375. The predicted molar refractivity (Wildman–Crippen MR) is 98.6 cm³/mol. The Labute approximate surface area is 162 Å². The molecule has 0 radical (unpaired) electrons. The van der Waals surface area contributed by atoms with Gasteiger partial charge in [0.05, 0.1) is 12.1 Å². The van der Waals surface area contributed by atoms with Crippen LogP contribution in [0.3, 0.4) is 0 Å². The number of rotatable bonds is 7. The molecule has 2 aromatic rings. The van der Waals surface area contributed by atoms with Crippen LogP contribution in [0.25, 0.3) is 0 Å². The maximum Gasteiger partial charge on any atom is 0.252 e. The molecule has 2 amide bonds. The minimum atomic E-state index is -0.500. The SMILES string of the molecule is O=C(CCNC(=O)c1cc(F)ccc1Br)NCc1n[nH]c(=S)n1C1CC1. The van der Waals surface area contributed by atoms with Gasteiger partial charge in [-0.05, 0) is 59.2 Å². The first-order valence-corrected chi connectivity index (χ1v) is 9.31. The molecule has 1 aliphatic carbocycles. The second-order valence-corrected chi connectivity index (χ2v) is 7.19. The molecule has 0 aliphatic heterocycles. The molecule has 1 aromatic heterocycles. The number of aromatic nitrogens is 3. The Hall–Kier alpha value is -2.07. The van der Waals surface area contributed by atoms with Crippen molar-refractivity contribution in [2.24, 2.45) is 0 Å². The molecule has 0 unspecified atom stereocenters. The molecule has 3 rings (SSSR count). The van der Waals surface area contributed by atoms with Crippen LogP contribution >= 0.6 is 28.1 Å². The topological polar surface area (TPSA) is 91.8 Å². The minimum absolute atomic E-state index is 0.104. The fourth-order valence-corrected chi connectivity index (χ4v) is 3.22. The molecule has 1 aromatic carbocycles. The molecule has 1 saturated carbocycles. The van der Waals surface area contributed by atoms with Crippen LogP contribution in [-0.4, -0.2) is 33.1 Å². The van der Waals surface area contributed by atoms with Gasteiger partial charge in [0, 0.05) is 23.5 Å². The number of nitrogens with one attached hydrogen (secondary N) is 3. The highest BCUT2D eigenvalue weighted by Gasteiger charge is 2.27. The van der Waals surface area contributed by atoms with Crippen LogP contribution in [0.15, 0.2) is 22.7 Å². The summed E-state index contributed by atoms with van der Waals surface area (Å²) in [4.78, 5) is 24.0. The molecule has 1 heterocycles. The fourth-order valence-electron chi connectivity index (χ4n) is 2.49. The second-order valence-electron chi connectivity index (χ2n) is 5.95. The first-order valence-electron chi connectivity index (χ1n) is 8.11. The van der Waals surface area contributed by atoms with Crippen molar-refractivity contribution >= 4 is 40.0 Å². The monoisotopic (exact) mass is 441 g/mol. The molecule has 26 heavy (non-hydrogen) atoms. The van der Waals surface area contributed by atoms with Crippen molar-refractivity contribution in [2.75, 3.05) is 6.54 Å². The molecule has 3 N–H and O–H groups in total. The zero-order valence-electron chi connectivity index (χ0n) is 13.7. The van der Waals surface area contributed by atoms with Gasteiger partial charge >= 0.3 is 0 Å². The van der Waals surface area contributed by atoms with Crippen LogP contribution < -0.4 is 10.6 Å². The van der Waals surface area contributed by atoms with Crippen LogP contribution in [-0.2, 0) is 11.3 Å². The van der Waals surface area contributed by atoms with Gasteiger partial charge in [0.25, 0.3) is 5.91 Å². The van der Waals surface area contributed by atoms with Gasteiger partial charge in [-0.3, -0.25) is 19.3 Å². The van der Waals surface area contributed by atoms with Crippen LogP contribution in [0.4, 0.5) is 4.39 Å². The molecule has 0 atom stereocenters. The van der Waals surface area contributed by atoms with Crippen molar-refractivity contribution in [2.45, 2.75) is 31.8 Å². The van der Waals surface area contributed by atoms with E-state index in [0.29, 0.717) is 21.1 Å². The smallest absolute Gasteiger partial charge is 0.252 e. The van der Waals surface area contributed by atoms with Gasteiger partial charge in [-0.2, -0.15) is 5.10 Å². The number of carbonyl (C=O) groups excluding carboxylic acids is 2. The number of H-pyrrole nitrogens is 1. The van der Waals surface area contributed by atoms with Gasteiger partial charge in [-0.1, -0.05) is 0 Å². The Morgan fingerprint density at radius 2 is 2.15 bits per heavy atom. The number of hydrogen-bond acceptors (Lipinski definition) is 4. The van der Waals surface area contributed by atoms with E-state index >= 15 is 0 Å². The summed E-state index contributed by atoms with van der Waals surface area (Å²) < 4.78 is 16.2. The Bertz CT molecular complexity index is 893. The summed E-state index contributed by atoms with van der Waals surface area (Å²) in [5.74, 6) is -0.475. The molecule has 1 aliphatic rings. The Morgan fingerprint density at radius 1 is 1.38 bits per heavy atom. The second kappa shape index (κ2) is 8.09. The van der Waals surface area contributed by atoms with E-state index in [1.165, 1.54) is 12.1 Å². The Kier molecular flexibility index (Phi) is 5.82. The van der Waals surface area contributed by atoms with Crippen molar-refractivity contribution < 1.29 is 14.0 Å². The summed E-state index contributed by atoms with van der Waals surface area (Å²) >= 11 is 8.39. The van der Waals surface area contributed by atoms with Crippen molar-refractivity contribution in [1.29, 1.82) is 0 Å². The van der Waals surface area contributed by atoms with Crippen LogP contribution in [0.1, 0.15) is 41.5 Å². The number of carbonyl (C=O) groups is 2. The van der Waals surface area contributed by atoms with E-state index in [9.17, 15) is 14.0 Å². The van der Waals surface area contributed by atoms with Crippen LogP contribution in [0, 0.1) is 10.6 Å². The van der Waals surface area contributed by atoms with E-state index < -0.39 is 11.7 Å². The molecular formula is C16H17BrFN5O2S. The van der Waals surface area contributed by atoms with E-state index in [-0.39, 0.29) is 31.0 Å². The number of halogens is 2. The third-order valence-electron chi connectivity index (χ3n) is 3.94.